The van der Waals surface area contributed by atoms with Gasteiger partial charge >= 0.3 is 12.1 Å². The number of nitrogens with one attached hydrogen (secondary N) is 2. The quantitative estimate of drug-likeness (QED) is 0.524. The summed E-state index contributed by atoms with van der Waals surface area (Å²) in [7, 11) is 5.82. The van der Waals surface area contributed by atoms with Crippen LogP contribution in [0.3, 0.4) is 0 Å². The van der Waals surface area contributed by atoms with Crippen LogP contribution in [0.25, 0.3) is 11.1 Å². The molecular formula is C30H39N3O8. The Kier molecular flexibility index (Phi) is 9.85. The zero-order valence-corrected chi connectivity index (χ0v) is 24.8. The Balaban J connectivity index is 2.24. The van der Waals surface area contributed by atoms with Gasteiger partial charge in [0.2, 0.25) is 11.8 Å². The lowest BCUT2D eigenvalue weighted by molar-refractivity contribution is -0.141. The average Bonchev–Trinajstić information content (AvgIpc) is 2.91. The van der Waals surface area contributed by atoms with Crippen LogP contribution in [0.15, 0.2) is 36.4 Å². The van der Waals surface area contributed by atoms with Crippen LogP contribution in [0, 0.1) is 0 Å². The van der Waals surface area contributed by atoms with E-state index in [1.165, 1.54) is 33.1 Å². The standard InChI is InChI=1S/C30H39N3O8/c1-17-27(35)32-20(16-25(34)40-8)13-18-9-11-23(38-6)21(14-18)22-15-19(10-12-24(22)39-7)26(28(36)31-17)33(5)29(37)41-30(2,3)4/h9-12,14-15,17,20,26H,13,16H2,1-8H3,(H,31,36)(H,32,35)/t17-,20-,26-/m0/s1. The molecule has 0 saturated carbocycles. The molecule has 0 saturated heterocycles. The number of likely N-dealkylation sites (N-methyl/N-ethyl adjacent to an activating group) is 1. The second kappa shape index (κ2) is 12.9. The molecule has 0 radical (unpaired) electrons. The molecule has 0 spiro atoms. The van der Waals surface area contributed by atoms with Gasteiger partial charge in [0.25, 0.3) is 0 Å². The highest BCUT2D eigenvalue weighted by molar-refractivity contribution is 5.92. The maximum Gasteiger partial charge on any atom is 0.410 e. The predicted molar refractivity (Wildman–Crippen MR) is 152 cm³/mol. The smallest absolute Gasteiger partial charge is 0.410 e. The minimum absolute atomic E-state index is 0.0763. The fourth-order valence-corrected chi connectivity index (χ4v) is 4.62. The summed E-state index contributed by atoms with van der Waals surface area (Å²) >= 11 is 0. The maximum absolute atomic E-state index is 13.7. The van der Waals surface area contributed by atoms with Crippen molar-refractivity contribution in [2.45, 2.75) is 64.3 Å². The van der Waals surface area contributed by atoms with Crippen molar-refractivity contribution < 1.29 is 38.1 Å². The van der Waals surface area contributed by atoms with Gasteiger partial charge in [-0.2, -0.15) is 0 Å². The second-order valence-corrected chi connectivity index (χ2v) is 10.9. The minimum Gasteiger partial charge on any atom is -0.496 e. The van der Waals surface area contributed by atoms with Crippen LogP contribution in [0.2, 0.25) is 0 Å². The second-order valence-electron chi connectivity index (χ2n) is 10.9. The molecule has 3 atom stereocenters. The van der Waals surface area contributed by atoms with Gasteiger partial charge < -0.3 is 29.6 Å². The molecule has 2 N–H and O–H groups in total. The number of nitrogens with zero attached hydrogens (tertiary/aromatic N) is 1. The van der Waals surface area contributed by atoms with E-state index in [1.54, 1.807) is 52.1 Å². The molecule has 1 aliphatic heterocycles. The van der Waals surface area contributed by atoms with Crippen LogP contribution in [0.5, 0.6) is 11.5 Å². The summed E-state index contributed by atoms with van der Waals surface area (Å²) in [6.07, 6.45) is -0.483. The number of amides is 3. The van der Waals surface area contributed by atoms with Gasteiger partial charge in [-0.15, -0.1) is 0 Å². The van der Waals surface area contributed by atoms with E-state index < -0.39 is 47.6 Å². The Bertz CT molecular complexity index is 1300. The van der Waals surface area contributed by atoms with Gasteiger partial charge in [0.1, 0.15) is 29.2 Å². The molecular weight excluding hydrogens is 530 g/mol. The zero-order chi connectivity index (χ0) is 30.5. The number of hydrogen-bond acceptors (Lipinski definition) is 8. The molecule has 11 nitrogen and oxygen atoms in total. The van der Waals surface area contributed by atoms with E-state index in [1.807, 2.05) is 12.1 Å². The molecule has 4 bridgehead atoms. The van der Waals surface area contributed by atoms with Crippen LogP contribution in [-0.4, -0.2) is 74.8 Å². The van der Waals surface area contributed by atoms with Crippen molar-refractivity contribution in [2.24, 2.45) is 0 Å². The first kappa shape index (κ1) is 31.3. The van der Waals surface area contributed by atoms with E-state index in [0.29, 0.717) is 34.6 Å². The molecule has 1 aliphatic rings. The Hall–Kier alpha value is -4.28. The number of carbonyl (C=O) groups excluding carboxylic acids is 4. The lowest BCUT2D eigenvalue weighted by Gasteiger charge is -2.31. The lowest BCUT2D eigenvalue weighted by atomic mass is 9.93. The van der Waals surface area contributed by atoms with Gasteiger partial charge in [0.05, 0.1) is 27.8 Å². The van der Waals surface area contributed by atoms with Crippen molar-refractivity contribution in [3.05, 3.63) is 47.5 Å². The summed E-state index contributed by atoms with van der Waals surface area (Å²) in [5.41, 5.74) is 1.77. The number of carbonyl (C=O) groups is 4. The van der Waals surface area contributed by atoms with Crippen LogP contribution < -0.4 is 20.1 Å². The highest BCUT2D eigenvalue weighted by Crippen LogP contribution is 2.39. The highest BCUT2D eigenvalue weighted by Gasteiger charge is 2.34. The molecule has 222 valence electrons. The van der Waals surface area contributed by atoms with E-state index in [4.69, 9.17) is 18.9 Å². The Morgan fingerprint density at radius 2 is 1.54 bits per heavy atom. The molecule has 0 aliphatic carbocycles. The SMILES string of the molecule is COC(=O)C[C@@H]1Cc2ccc(OC)c(c2)-c2cc(ccc2OC)[C@H](N(C)C(=O)OC(C)(C)C)C(=O)N[C@@H](C)C(=O)N1. The molecule has 2 aromatic carbocycles. The van der Waals surface area contributed by atoms with Crippen molar-refractivity contribution in [1.29, 1.82) is 0 Å². The van der Waals surface area contributed by atoms with E-state index in [2.05, 4.69) is 10.6 Å². The fraction of sp³-hybridized carbons (Fsp3) is 0.467. The van der Waals surface area contributed by atoms with Crippen molar-refractivity contribution in [1.82, 2.24) is 15.5 Å². The molecule has 2 aromatic rings. The minimum atomic E-state index is -1.16. The number of hydrogen-bond donors (Lipinski definition) is 2. The largest absolute Gasteiger partial charge is 0.496 e. The Morgan fingerprint density at radius 3 is 2.12 bits per heavy atom. The summed E-state index contributed by atoms with van der Waals surface area (Å²) < 4.78 is 21.7. The summed E-state index contributed by atoms with van der Waals surface area (Å²) in [5.74, 6) is -0.523. The van der Waals surface area contributed by atoms with Crippen LogP contribution in [-0.2, 0) is 30.3 Å². The van der Waals surface area contributed by atoms with Crippen LogP contribution in [0.1, 0.15) is 51.3 Å². The summed E-state index contributed by atoms with van der Waals surface area (Å²) in [6.45, 7) is 6.72. The molecule has 1 heterocycles. The molecule has 0 fully saturated rings. The van der Waals surface area contributed by atoms with Crippen LogP contribution >= 0.6 is 0 Å². The third kappa shape index (κ3) is 7.68. The summed E-state index contributed by atoms with van der Waals surface area (Å²) in [4.78, 5) is 53.4. The summed E-state index contributed by atoms with van der Waals surface area (Å²) in [5, 5.41) is 5.57. The average molecular weight is 570 g/mol. The van der Waals surface area contributed by atoms with E-state index >= 15 is 0 Å². The molecule has 11 heteroatoms. The molecule has 41 heavy (non-hydrogen) atoms. The van der Waals surface area contributed by atoms with Crippen molar-refractivity contribution >= 4 is 23.9 Å². The fourth-order valence-electron chi connectivity index (χ4n) is 4.62. The number of rotatable bonds is 5. The number of benzene rings is 2. The topological polar surface area (TPSA) is 132 Å². The van der Waals surface area contributed by atoms with Crippen LogP contribution in [0.4, 0.5) is 4.79 Å². The first-order valence-electron chi connectivity index (χ1n) is 13.3. The van der Waals surface area contributed by atoms with Gasteiger partial charge in [-0.25, -0.2) is 4.79 Å². The Labute approximate surface area is 240 Å². The molecule has 3 rings (SSSR count). The third-order valence-corrected chi connectivity index (χ3v) is 6.63. The van der Waals surface area contributed by atoms with E-state index in [-0.39, 0.29) is 6.42 Å². The number of ether oxygens (including phenoxy) is 4. The Morgan fingerprint density at radius 1 is 0.927 bits per heavy atom. The normalized spacial score (nSPS) is 19.2. The van der Waals surface area contributed by atoms with E-state index in [0.717, 1.165) is 5.56 Å². The highest BCUT2D eigenvalue weighted by atomic mass is 16.6. The number of esters is 1. The number of methoxy groups -OCH3 is 3. The van der Waals surface area contributed by atoms with Crippen molar-refractivity contribution in [3.8, 4) is 22.6 Å². The molecule has 3 amide bonds. The zero-order valence-electron chi connectivity index (χ0n) is 24.8. The third-order valence-electron chi connectivity index (χ3n) is 6.63. The lowest BCUT2D eigenvalue weighted by Crippen LogP contribution is -2.52. The predicted octanol–water partition coefficient (Wildman–Crippen LogP) is 3.39. The first-order chi connectivity index (χ1) is 19.3. The van der Waals surface area contributed by atoms with E-state index in [9.17, 15) is 19.2 Å². The maximum atomic E-state index is 13.7. The van der Waals surface area contributed by atoms with Gasteiger partial charge in [0.15, 0.2) is 0 Å². The van der Waals surface area contributed by atoms with Gasteiger partial charge in [-0.05, 0) is 69.5 Å². The van der Waals surface area contributed by atoms with Gasteiger partial charge in [-0.1, -0.05) is 12.1 Å². The molecule has 0 unspecified atom stereocenters. The van der Waals surface area contributed by atoms with Gasteiger partial charge in [0, 0.05) is 24.2 Å². The first-order valence-corrected chi connectivity index (χ1v) is 13.3. The van der Waals surface area contributed by atoms with Gasteiger partial charge in [-0.3, -0.25) is 19.3 Å². The number of fused-ring (bicyclic) bond motifs is 5. The van der Waals surface area contributed by atoms with Crippen molar-refractivity contribution in [3.63, 3.8) is 0 Å². The molecule has 0 aromatic heterocycles. The van der Waals surface area contributed by atoms with Crippen molar-refractivity contribution in [2.75, 3.05) is 28.4 Å². The summed E-state index contributed by atoms with van der Waals surface area (Å²) in [6, 6.07) is 7.93. The monoisotopic (exact) mass is 569 g/mol.